The summed E-state index contributed by atoms with van der Waals surface area (Å²) in [5.41, 5.74) is -0.0197. The molecule has 62 heavy (non-hydrogen) atoms. The van der Waals surface area contributed by atoms with Crippen molar-refractivity contribution >= 4 is 40.0 Å². The standard InChI is InChI=1S/C46H65N3O13/c1-13-20-49(48(14-2)15-3)34(51)23-59-33-22-31-41(55)36-35(33)37-43(29(9)40(36)54)62-46(11,44(37)56)60-21-19-32(58-12)26(6)42(61-30(10)50)28(8)39(53)27(7)38(52)24(4)17-16-18-25(5)45(57)47-31/h16-19,21-22,24,26-28,32,38-39,42,52-55H,13-15,20,23H2,1-12H3,(H,47,57)/b17-16+,21-19+,25-18-/t24-,26+,27-,28-,32+,38-,39-,42+,46+/m1/s1. The van der Waals surface area contributed by atoms with Crippen molar-refractivity contribution in [2.24, 2.45) is 23.7 Å². The van der Waals surface area contributed by atoms with E-state index in [9.17, 15) is 39.6 Å². The average molecular weight is 868 g/mol. The van der Waals surface area contributed by atoms with Crippen LogP contribution < -0.4 is 14.8 Å². The number of aliphatic hydroxyl groups excluding tert-OH is 2. The lowest BCUT2D eigenvalue weighted by molar-refractivity contribution is -0.160. The summed E-state index contributed by atoms with van der Waals surface area (Å²) >= 11 is 0. The number of amides is 2. The van der Waals surface area contributed by atoms with Crippen LogP contribution in [0, 0.1) is 30.6 Å². The highest BCUT2D eigenvalue weighted by Crippen LogP contribution is 2.54. The van der Waals surface area contributed by atoms with Crippen molar-refractivity contribution in [3.05, 3.63) is 53.3 Å². The number of ketones is 1. The zero-order valence-electron chi connectivity index (χ0n) is 38.0. The minimum Gasteiger partial charge on any atom is -0.507 e. The average Bonchev–Trinajstić information content (AvgIpc) is 3.50. The first-order chi connectivity index (χ1) is 29.2. The molecular formula is C46H65N3O13. The molecule has 0 spiro atoms. The smallest absolute Gasteiger partial charge is 0.312 e. The summed E-state index contributed by atoms with van der Waals surface area (Å²) in [6.45, 7) is 19.4. The molecule has 3 aliphatic rings. The largest absolute Gasteiger partial charge is 0.507 e. The van der Waals surface area contributed by atoms with E-state index in [1.54, 1.807) is 44.9 Å². The van der Waals surface area contributed by atoms with Gasteiger partial charge >= 0.3 is 11.8 Å². The molecule has 0 aromatic heterocycles. The molecule has 342 valence electrons. The highest BCUT2D eigenvalue weighted by molar-refractivity contribution is 6.21. The number of nitrogens with one attached hydrogen (secondary N) is 1. The third kappa shape index (κ3) is 10.2. The number of anilines is 1. The Morgan fingerprint density at radius 3 is 2.19 bits per heavy atom. The van der Waals surface area contributed by atoms with E-state index < -0.39 is 95.5 Å². The number of hydrazine groups is 1. The van der Waals surface area contributed by atoms with Crippen LogP contribution in [-0.4, -0.2) is 118 Å². The van der Waals surface area contributed by atoms with Gasteiger partial charge in [-0.2, -0.15) is 0 Å². The minimum atomic E-state index is -2.04. The number of hydrogen-bond donors (Lipinski definition) is 5. The molecule has 0 saturated heterocycles. The van der Waals surface area contributed by atoms with Gasteiger partial charge in [-0.25, -0.2) is 5.01 Å². The number of phenols is 2. The van der Waals surface area contributed by atoms with E-state index in [1.165, 1.54) is 59.3 Å². The van der Waals surface area contributed by atoms with Gasteiger partial charge in [-0.1, -0.05) is 66.7 Å². The Morgan fingerprint density at radius 2 is 1.60 bits per heavy atom. The van der Waals surface area contributed by atoms with Crippen molar-refractivity contribution in [2.45, 2.75) is 113 Å². The van der Waals surface area contributed by atoms with Crippen molar-refractivity contribution in [1.82, 2.24) is 10.0 Å². The van der Waals surface area contributed by atoms with E-state index in [2.05, 4.69) is 5.32 Å². The molecule has 9 atom stereocenters. The summed E-state index contributed by atoms with van der Waals surface area (Å²) in [7, 11) is 1.44. The van der Waals surface area contributed by atoms with Crippen LogP contribution in [0.15, 0.2) is 42.2 Å². The predicted octanol–water partition coefficient (Wildman–Crippen LogP) is 5.92. The Labute approximate surface area is 364 Å². The number of phenolic OH excluding ortho intramolecular Hbond substituents is 2. The van der Waals surface area contributed by atoms with Crippen LogP contribution in [0.3, 0.4) is 0 Å². The molecule has 16 nitrogen and oxygen atoms in total. The molecule has 3 aliphatic heterocycles. The highest BCUT2D eigenvalue weighted by Gasteiger charge is 2.50. The Morgan fingerprint density at radius 1 is 0.935 bits per heavy atom. The van der Waals surface area contributed by atoms with Gasteiger partial charge in [0, 0.05) is 86.9 Å². The normalized spacial score (nSPS) is 29.0. The van der Waals surface area contributed by atoms with Crippen LogP contribution in [0.5, 0.6) is 23.0 Å². The van der Waals surface area contributed by atoms with Gasteiger partial charge < -0.3 is 49.4 Å². The maximum absolute atomic E-state index is 14.6. The zero-order chi connectivity index (χ0) is 46.4. The van der Waals surface area contributed by atoms with Gasteiger partial charge in [-0.3, -0.25) is 24.2 Å². The molecule has 0 unspecified atom stereocenters. The number of aliphatic hydroxyl groups is 2. The van der Waals surface area contributed by atoms with Crippen molar-refractivity contribution in [2.75, 3.05) is 38.7 Å². The van der Waals surface area contributed by atoms with E-state index in [1.807, 2.05) is 25.8 Å². The number of carbonyl (C=O) groups excluding carboxylic acids is 4. The summed E-state index contributed by atoms with van der Waals surface area (Å²) in [6.07, 6.45) is 4.27. The second-order valence-corrected chi connectivity index (χ2v) is 16.3. The van der Waals surface area contributed by atoms with E-state index in [-0.39, 0.29) is 44.7 Å². The van der Waals surface area contributed by atoms with Crippen LogP contribution in [0.4, 0.5) is 5.69 Å². The fourth-order valence-corrected chi connectivity index (χ4v) is 8.16. The second kappa shape index (κ2) is 20.8. The van der Waals surface area contributed by atoms with Crippen molar-refractivity contribution in [3.63, 3.8) is 0 Å². The number of Topliss-reactive ketones (excluding diaryl/α,β-unsaturated/α-hetero) is 1. The molecule has 2 aromatic rings. The lowest BCUT2D eigenvalue weighted by atomic mass is 9.78. The van der Waals surface area contributed by atoms with Gasteiger partial charge in [0.05, 0.1) is 41.2 Å². The molecule has 0 fully saturated rings. The number of aromatic hydroxyl groups is 2. The molecule has 2 amide bonds. The molecule has 5 rings (SSSR count). The lowest BCUT2D eigenvalue weighted by Crippen LogP contribution is -2.48. The molecular weight excluding hydrogens is 803 g/mol. The van der Waals surface area contributed by atoms with E-state index in [4.69, 9.17) is 23.7 Å². The SMILES string of the molecule is CCCN(C(=O)COc1cc2c(O)c3c(O)c(C)c4c(c13)C(=O)[C@@](C)(O/C=C/[C@H](OC)[C@H](C)[C@H](OC(C)=O)[C@H](C)[C@H](O)[C@H](C)[C@H](O)[C@H](C)/C=C/C=C(/C)C(=O)N2)O4)N(CC)CC. The number of ether oxygens (including phenoxy) is 5. The first kappa shape index (κ1) is 49.5. The maximum atomic E-state index is 14.6. The van der Waals surface area contributed by atoms with E-state index in [0.29, 0.717) is 26.1 Å². The number of benzene rings is 2. The number of fused-ring (bicyclic) bond motifs is 14. The van der Waals surface area contributed by atoms with Crippen molar-refractivity contribution < 1.29 is 63.3 Å². The summed E-state index contributed by atoms with van der Waals surface area (Å²) in [4.78, 5) is 54.4. The predicted molar refractivity (Wildman–Crippen MR) is 233 cm³/mol. The number of hydrogen-bond acceptors (Lipinski definition) is 14. The monoisotopic (exact) mass is 867 g/mol. The Hall–Kier alpha value is -5.16. The van der Waals surface area contributed by atoms with Gasteiger partial charge in [0.15, 0.2) is 12.4 Å². The molecule has 0 saturated carbocycles. The summed E-state index contributed by atoms with van der Waals surface area (Å²) < 4.78 is 30.0. The van der Waals surface area contributed by atoms with Gasteiger partial charge in [-0.15, -0.1) is 0 Å². The summed E-state index contributed by atoms with van der Waals surface area (Å²) in [6, 6.07) is 1.28. The van der Waals surface area contributed by atoms with E-state index in [0.717, 1.165) is 0 Å². The van der Waals surface area contributed by atoms with Crippen LogP contribution >= 0.6 is 0 Å². The molecule has 0 radical (unpaired) electrons. The van der Waals surface area contributed by atoms with Crippen LogP contribution in [0.2, 0.25) is 0 Å². The third-order valence-corrected chi connectivity index (χ3v) is 12.0. The molecule has 3 heterocycles. The highest BCUT2D eigenvalue weighted by atomic mass is 16.7. The van der Waals surface area contributed by atoms with Crippen molar-refractivity contribution in [1.29, 1.82) is 0 Å². The summed E-state index contributed by atoms with van der Waals surface area (Å²) in [5.74, 6) is -8.09. The number of nitrogens with zero attached hydrogens (tertiary/aromatic N) is 2. The first-order valence-electron chi connectivity index (χ1n) is 21.2. The molecule has 16 heteroatoms. The number of rotatable bonds is 10. The van der Waals surface area contributed by atoms with Gasteiger partial charge in [0.25, 0.3) is 17.6 Å². The quantitative estimate of drug-likeness (QED) is 0.107. The Balaban J connectivity index is 1.94. The number of esters is 1. The topological polar surface area (TPSA) is 214 Å². The number of allylic oxidation sites excluding steroid dienone is 2. The lowest BCUT2D eigenvalue weighted by Gasteiger charge is -2.38. The Kier molecular flexibility index (Phi) is 16.6. The van der Waals surface area contributed by atoms with E-state index >= 15 is 0 Å². The molecule has 5 bridgehead atoms. The van der Waals surface area contributed by atoms with Crippen molar-refractivity contribution in [3.8, 4) is 23.0 Å². The summed E-state index contributed by atoms with van der Waals surface area (Å²) in [5, 5.41) is 52.2. The van der Waals surface area contributed by atoms with Crippen LogP contribution in [0.1, 0.15) is 91.6 Å². The molecule has 0 aliphatic carbocycles. The minimum absolute atomic E-state index is 0.0602. The maximum Gasteiger partial charge on any atom is 0.312 e. The molecule has 2 aromatic carbocycles. The first-order valence-corrected chi connectivity index (χ1v) is 21.2. The van der Waals surface area contributed by atoms with Gasteiger partial charge in [0.2, 0.25) is 0 Å². The number of methoxy groups -OCH3 is 1. The number of carbonyl (C=O) groups is 4. The fourth-order valence-electron chi connectivity index (χ4n) is 8.16. The van der Waals surface area contributed by atoms with Crippen LogP contribution in [-0.2, 0) is 28.6 Å². The van der Waals surface area contributed by atoms with Crippen LogP contribution in [0.25, 0.3) is 10.8 Å². The fraction of sp³-hybridized carbons (Fsp3) is 0.565. The second-order valence-electron chi connectivity index (χ2n) is 16.3. The van der Waals surface area contributed by atoms with Gasteiger partial charge in [0.1, 0.15) is 23.4 Å². The third-order valence-electron chi connectivity index (χ3n) is 12.0. The zero-order valence-corrected chi connectivity index (χ0v) is 38.0. The molecule has 5 N–H and O–H groups in total. The Bertz CT molecular complexity index is 2080. The van der Waals surface area contributed by atoms with Gasteiger partial charge in [-0.05, 0) is 26.3 Å².